The first-order valence-electron chi connectivity index (χ1n) is 7.48. The smallest absolute Gasteiger partial charge is 0.391 e. The fourth-order valence-corrected chi connectivity index (χ4v) is 2.87. The minimum Gasteiger partial charge on any atom is -0.481 e. The molecule has 1 fully saturated rings. The molecule has 0 aliphatic heterocycles. The van der Waals surface area contributed by atoms with Crippen molar-refractivity contribution in [2.45, 2.75) is 50.7 Å². The van der Waals surface area contributed by atoms with Crippen LogP contribution in [0.5, 0.6) is 0 Å². The zero-order valence-corrected chi connectivity index (χ0v) is 12.2. The van der Waals surface area contributed by atoms with E-state index in [9.17, 15) is 18.0 Å². The molecule has 0 bridgehead atoms. The molecule has 0 heterocycles. The molecular formula is C16H20F3NO2. The standard InChI is InChI=1S/C16H20F3NO2/c17-16(18,19)12-5-7-13(8-6-12)20-14-3-1-2-11(10-14)4-9-15(21)22/h1-3,10,12-13,20H,4-9H2,(H,21,22). The van der Waals surface area contributed by atoms with Gasteiger partial charge in [0.2, 0.25) is 0 Å². The third kappa shape index (κ3) is 4.93. The summed E-state index contributed by atoms with van der Waals surface area (Å²) in [6.45, 7) is 0. The number of hydrogen-bond acceptors (Lipinski definition) is 2. The van der Waals surface area contributed by atoms with E-state index in [0.29, 0.717) is 19.3 Å². The molecule has 0 radical (unpaired) electrons. The summed E-state index contributed by atoms with van der Waals surface area (Å²) < 4.78 is 37.9. The number of benzene rings is 1. The van der Waals surface area contributed by atoms with Crippen LogP contribution in [0.15, 0.2) is 24.3 Å². The van der Waals surface area contributed by atoms with E-state index >= 15 is 0 Å². The molecule has 22 heavy (non-hydrogen) atoms. The van der Waals surface area contributed by atoms with Crippen molar-refractivity contribution in [3.8, 4) is 0 Å². The van der Waals surface area contributed by atoms with E-state index in [2.05, 4.69) is 5.32 Å². The maximum Gasteiger partial charge on any atom is 0.391 e. The number of aliphatic carboxylic acids is 1. The van der Waals surface area contributed by atoms with Crippen molar-refractivity contribution in [1.82, 2.24) is 0 Å². The van der Waals surface area contributed by atoms with Crippen LogP contribution in [0.1, 0.15) is 37.7 Å². The van der Waals surface area contributed by atoms with Gasteiger partial charge in [-0.2, -0.15) is 13.2 Å². The monoisotopic (exact) mass is 315 g/mol. The zero-order valence-electron chi connectivity index (χ0n) is 12.2. The zero-order chi connectivity index (χ0) is 16.2. The summed E-state index contributed by atoms with van der Waals surface area (Å²) in [5, 5.41) is 12.0. The molecule has 2 rings (SSSR count). The maximum atomic E-state index is 12.6. The van der Waals surface area contributed by atoms with E-state index < -0.39 is 18.1 Å². The van der Waals surface area contributed by atoms with Crippen LogP contribution in [0.4, 0.5) is 18.9 Å². The van der Waals surface area contributed by atoms with Gasteiger partial charge in [0.05, 0.1) is 5.92 Å². The van der Waals surface area contributed by atoms with E-state index in [1.54, 1.807) is 0 Å². The van der Waals surface area contributed by atoms with Gasteiger partial charge in [-0.05, 0) is 49.8 Å². The van der Waals surface area contributed by atoms with Crippen molar-refractivity contribution in [3.05, 3.63) is 29.8 Å². The Bertz CT molecular complexity index is 508. The Kier molecular flexibility index (Phi) is 5.32. The number of aryl methyl sites for hydroxylation is 1. The highest BCUT2D eigenvalue weighted by molar-refractivity contribution is 5.67. The third-order valence-electron chi connectivity index (χ3n) is 4.12. The molecule has 1 aliphatic rings. The second-order valence-corrected chi connectivity index (χ2v) is 5.83. The summed E-state index contributed by atoms with van der Waals surface area (Å²) in [6.07, 6.45) is -2.22. The second kappa shape index (κ2) is 7.03. The lowest BCUT2D eigenvalue weighted by molar-refractivity contribution is -0.182. The number of carboxylic acid groups (broad SMARTS) is 1. The van der Waals surface area contributed by atoms with E-state index in [1.165, 1.54) is 0 Å². The van der Waals surface area contributed by atoms with E-state index in [-0.39, 0.29) is 25.3 Å². The molecule has 2 N–H and O–H groups in total. The maximum absolute atomic E-state index is 12.6. The molecule has 122 valence electrons. The molecule has 0 atom stereocenters. The van der Waals surface area contributed by atoms with Crippen molar-refractivity contribution in [1.29, 1.82) is 0 Å². The molecule has 1 aliphatic carbocycles. The lowest BCUT2D eigenvalue weighted by Gasteiger charge is -2.31. The van der Waals surface area contributed by atoms with Crippen LogP contribution in [0.2, 0.25) is 0 Å². The molecular weight excluding hydrogens is 295 g/mol. The number of rotatable bonds is 5. The molecule has 0 saturated heterocycles. The lowest BCUT2D eigenvalue weighted by atomic mass is 9.85. The first-order chi connectivity index (χ1) is 10.3. The number of hydrogen-bond donors (Lipinski definition) is 2. The summed E-state index contributed by atoms with van der Waals surface area (Å²) in [5.41, 5.74) is 1.76. The van der Waals surface area contributed by atoms with E-state index in [0.717, 1.165) is 11.3 Å². The van der Waals surface area contributed by atoms with Gasteiger partial charge >= 0.3 is 12.1 Å². The van der Waals surface area contributed by atoms with Gasteiger partial charge in [0.1, 0.15) is 0 Å². The molecule has 1 saturated carbocycles. The van der Waals surface area contributed by atoms with Crippen LogP contribution in [-0.2, 0) is 11.2 Å². The molecule has 0 spiro atoms. The highest BCUT2D eigenvalue weighted by atomic mass is 19.4. The number of nitrogens with one attached hydrogen (secondary N) is 1. The summed E-state index contributed by atoms with van der Waals surface area (Å²) in [7, 11) is 0. The van der Waals surface area contributed by atoms with Gasteiger partial charge in [-0.25, -0.2) is 0 Å². The largest absolute Gasteiger partial charge is 0.481 e. The number of alkyl halides is 3. The molecule has 1 aromatic rings. The third-order valence-corrected chi connectivity index (χ3v) is 4.12. The Morgan fingerprint density at radius 1 is 1.23 bits per heavy atom. The molecule has 6 heteroatoms. The topological polar surface area (TPSA) is 49.3 Å². The summed E-state index contributed by atoms with van der Waals surface area (Å²) in [6, 6.07) is 7.47. The first-order valence-corrected chi connectivity index (χ1v) is 7.48. The molecule has 0 unspecified atom stereocenters. The molecule has 0 amide bonds. The van der Waals surface area contributed by atoms with Gasteiger partial charge < -0.3 is 10.4 Å². The van der Waals surface area contributed by atoms with Crippen molar-refractivity contribution < 1.29 is 23.1 Å². The quantitative estimate of drug-likeness (QED) is 0.854. The van der Waals surface area contributed by atoms with Crippen molar-refractivity contribution in [2.75, 3.05) is 5.32 Å². The average Bonchev–Trinajstić information content (AvgIpc) is 2.45. The fraction of sp³-hybridized carbons (Fsp3) is 0.562. The average molecular weight is 315 g/mol. The van der Waals surface area contributed by atoms with Gasteiger partial charge in [-0.1, -0.05) is 12.1 Å². The SMILES string of the molecule is O=C(O)CCc1cccc(NC2CCC(C(F)(F)F)CC2)c1. The van der Waals surface area contributed by atoms with E-state index in [4.69, 9.17) is 5.11 Å². The van der Waals surface area contributed by atoms with Crippen LogP contribution in [0.25, 0.3) is 0 Å². The first kappa shape index (κ1) is 16.6. The van der Waals surface area contributed by atoms with Crippen LogP contribution >= 0.6 is 0 Å². The van der Waals surface area contributed by atoms with Gasteiger partial charge in [-0.15, -0.1) is 0 Å². The number of carbonyl (C=O) groups is 1. The predicted molar refractivity (Wildman–Crippen MR) is 77.8 cm³/mol. The van der Waals surface area contributed by atoms with Crippen LogP contribution in [0.3, 0.4) is 0 Å². The van der Waals surface area contributed by atoms with Gasteiger partial charge in [0, 0.05) is 18.2 Å². The highest BCUT2D eigenvalue weighted by Gasteiger charge is 2.41. The van der Waals surface area contributed by atoms with Gasteiger partial charge in [-0.3, -0.25) is 4.79 Å². The van der Waals surface area contributed by atoms with Crippen molar-refractivity contribution >= 4 is 11.7 Å². The Balaban J connectivity index is 1.87. The minimum atomic E-state index is -4.08. The Hall–Kier alpha value is -1.72. The van der Waals surface area contributed by atoms with Gasteiger partial charge in [0.25, 0.3) is 0 Å². The number of anilines is 1. The predicted octanol–water partition coefficient (Wildman–Crippen LogP) is 4.24. The van der Waals surface area contributed by atoms with Crippen LogP contribution in [-0.4, -0.2) is 23.3 Å². The minimum absolute atomic E-state index is 0.0494. The van der Waals surface area contributed by atoms with E-state index in [1.807, 2.05) is 24.3 Å². The van der Waals surface area contributed by atoms with Crippen LogP contribution < -0.4 is 5.32 Å². The summed E-state index contributed by atoms with van der Waals surface area (Å²) in [4.78, 5) is 10.6. The number of carboxylic acids is 1. The van der Waals surface area contributed by atoms with Gasteiger partial charge in [0.15, 0.2) is 0 Å². The molecule has 1 aromatic carbocycles. The molecule has 0 aromatic heterocycles. The molecule has 3 nitrogen and oxygen atoms in total. The summed E-state index contributed by atoms with van der Waals surface area (Å²) in [5.74, 6) is -2.02. The van der Waals surface area contributed by atoms with Crippen molar-refractivity contribution in [2.24, 2.45) is 5.92 Å². The Morgan fingerprint density at radius 2 is 1.91 bits per heavy atom. The summed E-state index contributed by atoms with van der Waals surface area (Å²) >= 11 is 0. The Morgan fingerprint density at radius 3 is 2.50 bits per heavy atom. The fourth-order valence-electron chi connectivity index (χ4n) is 2.87. The lowest BCUT2D eigenvalue weighted by Crippen LogP contribution is -2.32. The normalized spacial score (nSPS) is 22.3. The highest BCUT2D eigenvalue weighted by Crippen LogP contribution is 2.38. The Labute approximate surface area is 127 Å². The van der Waals surface area contributed by atoms with Crippen LogP contribution in [0, 0.1) is 5.92 Å². The second-order valence-electron chi connectivity index (χ2n) is 5.83. The number of halogens is 3. The van der Waals surface area contributed by atoms with Crippen molar-refractivity contribution in [3.63, 3.8) is 0 Å².